The van der Waals surface area contributed by atoms with Gasteiger partial charge in [-0.05, 0) is 50.6 Å². The van der Waals surface area contributed by atoms with E-state index in [-0.39, 0.29) is 0 Å². The summed E-state index contributed by atoms with van der Waals surface area (Å²) in [6, 6.07) is 4.23. The molecule has 0 aliphatic heterocycles. The Morgan fingerprint density at radius 2 is 2.23 bits per heavy atom. The molecule has 0 spiro atoms. The number of pyridine rings is 1. The minimum Gasteiger partial charge on any atom is -0.316 e. The van der Waals surface area contributed by atoms with Crippen molar-refractivity contribution in [2.24, 2.45) is 0 Å². The van der Waals surface area contributed by atoms with E-state index in [4.69, 9.17) is 0 Å². The molecular weight excluding hydrogens is 160 g/mol. The third-order valence-corrected chi connectivity index (χ3v) is 1.98. The molecule has 72 valence electrons. The maximum Gasteiger partial charge on any atom is 0.0375 e. The minimum absolute atomic E-state index is 1.07. The third-order valence-electron chi connectivity index (χ3n) is 1.98. The van der Waals surface area contributed by atoms with Crippen molar-refractivity contribution < 1.29 is 0 Å². The van der Waals surface area contributed by atoms with Gasteiger partial charge in [-0.2, -0.15) is 0 Å². The summed E-state index contributed by atoms with van der Waals surface area (Å²) in [4.78, 5) is 4.16. The van der Waals surface area contributed by atoms with Gasteiger partial charge in [-0.1, -0.05) is 6.92 Å². The minimum atomic E-state index is 1.07. The molecule has 1 aromatic rings. The van der Waals surface area contributed by atoms with Crippen LogP contribution in [-0.2, 0) is 6.42 Å². The normalized spacial score (nSPS) is 10.3. The molecule has 0 saturated heterocycles. The fourth-order valence-electron chi connectivity index (χ4n) is 1.29. The summed E-state index contributed by atoms with van der Waals surface area (Å²) in [5.74, 6) is 0. The van der Waals surface area contributed by atoms with Gasteiger partial charge in [0.25, 0.3) is 0 Å². The second-order valence-corrected chi connectivity index (χ2v) is 3.31. The van der Waals surface area contributed by atoms with Crippen molar-refractivity contribution in [2.75, 3.05) is 13.1 Å². The van der Waals surface area contributed by atoms with Crippen molar-refractivity contribution in [3.05, 3.63) is 29.6 Å². The van der Waals surface area contributed by atoms with Crippen LogP contribution in [0.5, 0.6) is 0 Å². The van der Waals surface area contributed by atoms with Crippen molar-refractivity contribution in [1.82, 2.24) is 10.3 Å². The zero-order chi connectivity index (χ0) is 9.52. The first-order valence-corrected chi connectivity index (χ1v) is 4.95. The first-order valence-electron chi connectivity index (χ1n) is 4.95. The van der Waals surface area contributed by atoms with Crippen molar-refractivity contribution >= 4 is 0 Å². The Hall–Kier alpha value is -0.890. The van der Waals surface area contributed by atoms with E-state index >= 15 is 0 Å². The molecule has 0 amide bonds. The number of aromatic nitrogens is 1. The number of nitrogens with zero attached hydrogens (tertiary/aromatic N) is 1. The van der Waals surface area contributed by atoms with Gasteiger partial charge in [-0.15, -0.1) is 0 Å². The Bertz CT molecular complexity index is 246. The Kier molecular flexibility index (Phi) is 4.47. The van der Waals surface area contributed by atoms with Crippen molar-refractivity contribution in [2.45, 2.75) is 26.7 Å². The van der Waals surface area contributed by atoms with Crippen LogP contribution in [0.15, 0.2) is 18.3 Å². The summed E-state index contributed by atoms with van der Waals surface area (Å²) in [5, 5.41) is 3.38. The monoisotopic (exact) mass is 178 g/mol. The van der Waals surface area contributed by atoms with Crippen LogP contribution < -0.4 is 5.32 Å². The van der Waals surface area contributed by atoms with Gasteiger partial charge in [-0.25, -0.2) is 0 Å². The van der Waals surface area contributed by atoms with Gasteiger partial charge in [-0.3, -0.25) is 4.98 Å². The summed E-state index contributed by atoms with van der Waals surface area (Å²) in [6.45, 7) is 6.40. The lowest BCUT2D eigenvalue weighted by atomic mass is 10.2. The van der Waals surface area contributed by atoms with Gasteiger partial charge >= 0.3 is 0 Å². The maximum atomic E-state index is 4.16. The summed E-state index contributed by atoms with van der Waals surface area (Å²) >= 11 is 0. The van der Waals surface area contributed by atoms with E-state index < -0.39 is 0 Å². The zero-order valence-electron chi connectivity index (χ0n) is 8.51. The van der Waals surface area contributed by atoms with E-state index in [0.29, 0.717) is 0 Å². The molecule has 0 radical (unpaired) electrons. The molecule has 0 bridgehead atoms. The van der Waals surface area contributed by atoms with Crippen LogP contribution in [0.4, 0.5) is 0 Å². The number of nitrogens with one attached hydrogen (secondary N) is 1. The van der Waals surface area contributed by atoms with E-state index in [9.17, 15) is 0 Å². The molecule has 1 rings (SSSR count). The highest BCUT2D eigenvalue weighted by molar-refractivity contribution is 5.15. The van der Waals surface area contributed by atoms with E-state index in [1.165, 1.54) is 12.0 Å². The topological polar surface area (TPSA) is 24.9 Å². The largest absolute Gasteiger partial charge is 0.316 e. The van der Waals surface area contributed by atoms with E-state index in [1.54, 1.807) is 0 Å². The van der Waals surface area contributed by atoms with Gasteiger partial charge < -0.3 is 5.32 Å². The summed E-state index contributed by atoms with van der Waals surface area (Å²) in [5.41, 5.74) is 2.48. The number of hydrogen-bond donors (Lipinski definition) is 1. The molecule has 0 atom stereocenters. The highest BCUT2D eigenvalue weighted by Crippen LogP contribution is 2.00. The van der Waals surface area contributed by atoms with Crippen LogP contribution >= 0.6 is 0 Å². The second-order valence-electron chi connectivity index (χ2n) is 3.31. The Balaban J connectivity index is 2.28. The number of rotatable bonds is 5. The fraction of sp³-hybridized carbons (Fsp3) is 0.545. The lowest BCUT2D eigenvalue weighted by Crippen LogP contribution is -2.17. The SMILES string of the molecule is CCCNCCc1ccnc(C)c1. The second kappa shape index (κ2) is 5.70. The molecule has 0 fully saturated rings. The van der Waals surface area contributed by atoms with Crippen LogP contribution in [0.1, 0.15) is 24.6 Å². The molecule has 1 heterocycles. The average molecular weight is 178 g/mol. The quantitative estimate of drug-likeness (QED) is 0.697. The van der Waals surface area contributed by atoms with Crippen LogP contribution in [0.25, 0.3) is 0 Å². The summed E-state index contributed by atoms with van der Waals surface area (Å²) in [7, 11) is 0. The Morgan fingerprint density at radius 1 is 1.38 bits per heavy atom. The lowest BCUT2D eigenvalue weighted by molar-refractivity contribution is 0.671. The van der Waals surface area contributed by atoms with Crippen molar-refractivity contribution in [3.8, 4) is 0 Å². The first kappa shape index (κ1) is 10.2. The predicted molar refractivity (Wildman–Crippen MR) is 55.8 cm³/mol. The molecule has 2 heteroatoms. The molecule has 13 heavy (non-hydrogen) atoms. The van der Waals surface area contributed by atoms with Gasteiger partial charge in [0, 0.05) is 11.9 Å². The summed E-state index contributed by atoms with van der Waals surface area (Å²) < 4.78 is 0. The molecule has 1 aromatic heterocycles. The molecule has 1 N–H and O–H groups in total. The van der Waals surface area contributed by atoms with Crippen LogP contribution in [0.3, 0.4) is 0 Å². The van der Waals surface area contributed by atoms with Gasteiger partial charge in [0.2, 0.25) is 0 Å². The van der Waals surface area contributed by atoms with Crippen LogP contribution in [-0.4, -0.2) is 18.1 Å². The molecule has 0 aromatic carbocycles. The lowest BCUT2D eigenvalue weighted by Gasteiger charge is -2.03. The van der Waals surface area contributed by atoms with Crippen LogP contribution in [0.2, 0.25) is 0 Å². The first-order chi connectivity index (χ1) is 6.33. The molecule has 0 unspecified atom stereocenters. The Morgan fingerprint density at radius 3 is 2.92 bits per heavy atom. The Labute approximate surface area is 80.4 Å². The van der Waals surface area contributed by atoms with Crippen molar-refractivity contribution in [3.63, 3.8) is 0 Å². The molecule has 2 nitrogen and oxygen atoms in total. The molecule has 0 saturated carbocycles. The van der Waals surface area contributed by atoms with Gasteiger partial charge in [0.05, 0.1) is 0 Å². The fourth-order valence-corrected chi connectivity index (χ4v) is 1.29. The van der Waals surface area contributed by atoms with Gasteiger partial charge in [0.1, 0.15) is 0 Å². The molecule has 0 aliphatic rings. The standard InChI is InChI=1S/C11H18N2/c1-3-6-12-7-4-11-5-8-13-10(2)9-11/h5,8-9,12H,3-4,6-7H2,1-2H3. The smallest absolute Gasteiger partial charge is 0.0375 e. The van der Waals surface area contributed by atoms with Crippen molar-refractivity contribution in [1.29, 1.82) is 0 Å². The third kappa shape index (κ3) is 4.04. The predicted octanol–water partition coefficient (Wildman–Crippen LogP) is 1.93. The molecular formula is C11H18N2. The number of aryl methyl sites for hydroxylation is 1. The highest BCUT2D eigenvalue weighted by Gasteiger charge is 1.92. The highest BCUT2D eigenvalue weighted by atomic mass is 14.8. The van der Waals surface area contributed by atoms with E-state index in [0.717, 1.165) is 25.2 Å². The summed E-state index contributed by atoms with van der Waals surface area (Å²) in [6.07, 6.45) is 4.18. The zero-order valence-corrected chi connectivity index (χ0v) is 8.51. The van der Waals surface area contributed by atoms with E-state index in [1.807, 2.05) is 13.1 Å². The van der Waals surface area contributed by atoms with E-state index in [2.05, 4.69) is 29.4 Å². The number of hydrogen-bond acceptors (Lipinski definition) is 2. The van der Waals surface area contributed by atoms with Crippen LogP contribution in [0, 0.1) is 6.92 Å². The maximum absolute atomic E-state index is 4.16. The average Bonchev–Trinajstić information content (AvgIpc) is 2.13. The molecule has 0 aliphatic carbocycles. The van der Waals surface area contributed by atoms with Gasteiger partial charge in [0.15, 0.2) is 0 Å².